The van der Waals surface area contributed by atoms with Crippen LogP contribution in [0, 0.1) is 0 Å². The van der Waals surface area contributed by atoms with Crippen LogP contribution in [-0.2, 0) is 0 Å². The molecule has 0 fully saturated rings. The van der Waals surface area contributed by atoms with E-state index in [0.717, 1.165) is 0 Å². The van der Waals surface area contributed by atoms with E-state index >= 15 is 0 Å². The van der Waals surface area contributed by atoms with Gasteiger partial charge in [-0.05, 0) is 56.2 Å². The summed E-state index contributed by atoms with van der Waals surface area (Å²) in [6.07, 6.45) is 8.02. The third-order valence-corrected chi connectivity index (χ3v) is 10.8. The summed E-state index contributed by atoms with van der Waals surface area (Å²) in [7, 11) is -1.70. The monoisotopic (exact) mass is 468 g/mol. The van der Waals surface area contributed by atoms with E-state index in [-0.39, 0.29) is 17.0 Å². The van der Waals surface area contributed by atoms with Crippen molar-refractivity contribution in [1.29, 1.82) is 0 Å². The average molecular weight is 469 g/mol. The molecule has 0 saturated carbocycles. The van der Waals surface area contributed by atoms with Gasteiger partial charge < -0.3 is 17.0 Å². The van der Waals surface area contributed by atoms with Gasteiger partial charge in [-0.2, -0.15) is 0 Å². The maximum absolute atomic E-state index is 2.50. The van der Waals surface area contributed by atoms with Crippen molar-refractivity contribution in [3.63, 3.8) is 0 Å². The Morgan fingerprint density at radius 2 is 0.966 bits per heavy atom. The van der Waals surface area contributed by atoms with Gasteiger partial charge in [-0.25, -0.2) is 0 Å². The summed E-state index contributed by atoms with van der Waals surface area (Å²) in [6, 6.07) is 33.9. The van der Waals surface area contributed by atoms with Gasteiger partial charge in [-0.3, -0.25) is 0 Å². The fourth-order valence-electron chi connectivity index (χ4n) is 4.44. The van der Waals surface area contributed by atoms with Crippen molar-refractivity contribution in [2.24, 2.45) is 0 Å². The Hall–Kier alpha value is -1.43. The zero-order chi connectivity index (χ0) is 19.7. The summed E-state index contributed by atoms with van der Waals surface area (Å²) in [5.41, 5.74) is 0.626. The van der Waals surface area contributed by atoms with Gasteiger partial charge >= 0.3 is 0 Å². The minimum atomic E-state index is -1.70. The van der Waals surface area contributed by atoms with Gasteiger partial charge in [-0.1, -0.05) is 87.2 Å². The van der Waals surface area contributed by atoms with Crippen LogP contribution in [-0.4, -0.2) is 5.66 Å². The highest BCUT2D eigenvalue weighted by atomic mass is 79.9. The molecule has 0 saturated heterocycles. The standard InChI is InChI=1S/C27H34P.BrH/c1-3-4-5-6-10-17-24(2)28(25-18-11-7-12-19-25,26-20-13-8-14-21-26)27-22-15-9-16-23-27;/h7-9,11-16,18-24H,3-6,10,17H2,1-2H3;1H/q+1;/p-1. The van der Waals surface area contributed by atoms with Crippen LogP contribution in [0.15, 0.2) is 91.0 Å². The van der Waals surface area contributed by atoms with Gasteiger partial charge in [0.2, 0.25) is 0 Å². The van der Waals surface area contributed by atoms with E-state index in [9.17, 15) is 0 Å². The molecule has 29 heavy (non-hydrogen) atoms. The van der Waals surface area contributed by atoms with E-state index in [2.05, 4.69) is 105 Å². The molecule has 0 bridgehead atoms. The zero-order valence-electron chi connectivity index (χ0n) is 17.8. The Balaban J connectivity index is 0.00000300. The van der Waals surface area contributed by atoms with E-state index in [1.165, 1.54) is 54.4 Å². The van der Waals surface area contributed by atoms with Crippen LogP contribution in [0.3, 0.4) is 0 Å². The molecule has 0 spiro atoms. The first-order valence-corrected chi connectivity index (χ1v) is 12.7. The van der Waals surface area contributed by atoms with Crippen molar-refractivity contribution < 1.29 is 17.0 Å². The van der Waals surface area contributed by atoms with Gasteiger partial charge in [0.1, 0.15) is 23.2 Å². The topological polar surface area (TPSA) is 0 Å². The summed E-state index contributed by atoms with van der Waals surface area (Å²) in [4.78, 5) is 0. The van der Waals surface area contributed by atoms with E-state index in [1.807, 2.05) is 0 Å². The molecule has 1 atom stereocenters. The molecule has 0 nitrogen and oxygen atoms in total. The average Bonchev–Trinajstić information content (AvgIpc) is 2.76. The van der Waals surface area contributed by atoms with Crippen LogP contribution in [0.2, 0.25) is 0 Å². The van der Waals surface area contributed by atoms with Gasteiger partial charge in [0, 0.05) is 0 Å². The van der Waals surface area contributed by atoms with Crippen LogP contribution in [0.4, 0.5) is 0 Å². The Labute approximate surface area is 188 Å². The second-order valence-corrected chi connectivity index (χ2v) is 11.7. The summed E-state index contributed by atoms with van der Waals surface area (Å²) >= 11 is 0. The SMILES string of the molecule is CCCCCCCC(C)[P+](c1ccccc1)(c1ccccc1)c1ccccc1.[Br-]. The molecular weight excluding hydrogens is 435 g/mol. The maximum atomic E-state index is 2.50. The molecule has 0 radical (unpaired) electrons. The second-order valence-electron chi connectivity index (χ2n) is 7.78. The summed E-state index contributed by atoms with van der Waals surface area (Å²) in [6.45, 7) is 4.79. The largest absolute Gasteiger partial charge is 1.00 e. The van der Waals surface area contributed by atoms with Gasteiger partial charge in [0.05, 0.1) is 5.66 Å². The lowest BCUT2D eigenvalue weighted by Gasteiger charge is -2.33. The highest BCUT2D eigenvalue weighted by molar-refractivity contribution is 7.96. The fourth-order valence-corrected chi connectivity index (χ4v) is 9.36. The van der Waals surface area contributed by atoms with E-state index in [0.29, 0.717) is 5.66 Å². The smallest absolute Gasteiger partial charge is 0.114 e. The molecule has 3 aromatic carbocycles. The predicted octanol–water partition coefficient (Wildman–Crippen LogP) is 3.73. The first kappa shape index (κ1) is 23.8. The molecule has 0 N–H and O–H groups in total. The molecule has 2 heteroatoms. The first-order chi connectivity index (χ1) is 13.8. The van der Waals surface area contributed by atoms with Gasteiger partial charge in [0.15, 0.2) is 0 Å². The Morgan fingerprint density at radius 1 is 0.586 bits per heavy atom. The highest BCUT2D eigenvalue weighted by Gasteiger charge is 2.49. The van der Waals surface area contributed by atoms with Gasteiger partial charge in [0.25, 0.3) is 0 Å². The molecule has 3 rings (SSSR count). The molecule has 0 aliphatic rings. The minimum absolute atomic E-state index is 0. The molecule has 154 valence electrons. The third kappa shape index (κ3) is 5.59. The summed E-state index contributed by atoms with van der Waals surface area (Å²) < 4.78 is 0. The van der Waals surface area contributed by atoms with E-state index in [1.54, 1.807) is 0 Å². The van der Waals surface area contributed by atoms with E-state index < -0.39 is 7.26 Å². The lowest BCUT2D eigenvalue weighted by molar-refractivity contribution is -0.00000568. The fraction of sp³-hybridized carbons (Fsp3) is 0.333. The molecule has 0 heterocycles. The number of benzene rings is 3. The van der Waals surface area contributed by atoms with Crippen LogP contribution in [0.1, 0.15) is 52.4 Å². The number of halogens is 1. The minimum Gasteiger partial charge on any atom is -1.00 e. The van der Waals surface area contributed by atoms with Crippen molar-refractivity contribution in [3.05, 3.63) is 91.0 Å². The predicted molar refractivity (Wildman–Crippen MR) is 128 cm³/mol. The van der Waals surface area contributed by atoms with Crippen LogP contribution >= 0.6 is 7.26 Å². The van der Waals surface area contributed by atoms with Crippen LogP contribution < -0.4 is 32.9 Å². The molecule has 0 aliphatic carbocycles. The van der Waals surface area contributed by atoms with Crippen molar-refractivity contribution in [2.75, 3.05) is 0 Å². The van der Waals surface area contributed by atoms with Crippen LogP contribution in [0.5, 0.6) is 0 Å². The second kappa shape index (κ2) is 12.3. The van der Waals surface area contributed by atoms with Gasteiger partial charge in [-0.15, -0.1) is 0 Å². The molecule has 0 aliphatic heterocycles. The van der Waals surface area contributed by atoms with E-state index in [4.69, 9.17) is 0 Å². The summed E-state index contributed by atoms with van der Waals surface area (Å²) in [5.74, 6) is 0. The molecule has 0 aromatic heterocycles. The molecule has 0 amide bonds. The summed E-state index contributed by atoms with van der Waals surface area (Å²) in [5, 5.41) is 4.52. The Bertz CT molecular complexity index is 705. The number of unbranched alkanes of at least 4 members (excludes halogenated alkanes) is 4. The third-order valence-electron chi connectivity index (χ3n) is 5.88. The number of rotatable bonds is 10. The highest BCUT2D eigenvalue weighted by Crippen LogP contribution is 2.60. The van der Waals surface area contributed by atoms with Crippen molar-refractivity contribution in [1.82, 2.24) is 0 Å². The quantitative estimate of drug-likeness (QED) is 0.314. The lowest BCUT2D eigenvalue weighted by atomic mass is 10.1. The van der Waals surface area contributed by atoms with Crippen molar-refractivity contribution >= 4 is 23.2 Å². The molecule has 1 unspecified atom stereocenters. The Morgan fingerprint density at radius 3 is 1.34 bits per heavy atom. The zero-order valence-corrected chi connectivity index (χ0v) is 20.3. The molecule has 3 aromatic rings. The lowest BCUT2D eigenvalue weighted by Crippen LogP contribution is -3.00. The van der Waals surface area contributed by atoms with Crippen molar-refractivity contribution in [2.45, 2.75) is 58.0 Å². The van der Waals surface area contributed by atoms with Crippen LogP contribution in [0.25, 0.3) is 0 Å². The number of hydrogen-bond donors (Lipinski definition) is 0. The van der Waals surface area contributed by atoms with Crippen molar-refractivity contribution in [3.8, 4) is 0 Å². The number of hydrogen-bond acceptors (Lipinski definition) is 0. The first-order valence-electron chi connectivity index (χ1n) is 10.9. The normalized spacial score (nSPS) is 12.2. The molecular formula is C27H34BrP. The maximum Gasteiger partial charge on any atom is 0.114 e. The Kier molecular flexibility index (Phi) is 10.1.